The number of thiophene rings is 1. The second-order valence-corrected chi connectivity index (χ2v) is 8.23. The predicted molar refractivity (Wildman–Crippen MR) is 105 cm³/mol. The molecule has 0 radical (unpaired) electrons. The highest BCUT2D eigenvalue weighted by Crippen LogP contribution is 2.42. The maximum absolute atomic E-state index is 13.6. The van der Waals surface area contributed by atoms with Crippen LogP contribution in [-0.2, 0) is 17.5 Å². The van der Waals surface area contributed by atoms with Gasteiger partial charge < -0.3 is 4.90 Å². The molecule has 0 N–H and O–H groups in total. The Kier molecular flexibility index (Phi) is 4.94. The van der Waals surface area contributed by atoms with Crippen LogP contribution in [0.5, 0.6) is 0 Å². The second-order valence-electron chi connectivity index (χ2n) is 7.02. The van der Waals surface area contributed by atoms with Gasteiger partial charge in [-0.25, -0.2) is 4.98 Å². The number of hydrogen-bond acceptors (Lipinski definition) is 4. The Morgan fingerprint density at radius 1 is 1.21 bits per heavy atom. The first kappa shape index (κ1) is 19.6. The van der Waals surface area contributed by atoms with E-state index in [1.165, 1.54) is 40.4 Å². The lowest BCUT2D eigenvalue weighted by Crippen LogP contribution is -2.34. The number of aromatic nitrogens is 2. The molecule has 3 heterocycles. The van der Waals surface area contributed by atoms with E-state index in [9.17, 15) is 22.8 Å². The summed E-state index contributed by atoms with van der Waals surface area (Å²) in [6, 6.07) is 5.20. The minimum Gasteiger partial charge on any atom is -0.341 e. The SMILES string of the molecule is Cc1sc2ncn(CC(=O)N3CCCC3)c(=O)c2c1-c1ccccc1C(F)(F)F. The molecular formula is C20H18F3N3O2S. The van der Waals surface area contributed by atoms with Crippen LogP contribution in [0.1, 0.15) is 23.3 Å². The lowest BCUT2D eigenvalue weighted by atomic mass is 9.98. The van der Waals surface area contributed by atoms with Crippen LogP contribution in [0.25, 0.3) is 21.3 Å². The molecule has 29 heavy (non-hydrogen) atoms. The zero-order valence-electron chi connectivity index (χ0n) is 15.6. The molecule has 1 saturated heterocycles. The first-order valence-electron chi connectivity index (χ1n) is 9.20. The molecule has 152 valence electrons. The number of rotatable bonds is 3. The van der Waals surface area contributed by atoms with Crippen molar-refractivity contribution in [2.75, 3.05) is 13.1 Å². The Morgan fingerprint density at radius 2 is 1.90 bits per heavy atom. The van der Waals surface area contributed by atoms with Gasteiger partial charge in [-0.05, 0) is 31.4 Å². The third kappa shape index (κ3) is 3.55. The molecule has 1 amide bonds. The summed E-state index contributed by atoms with van der Waals surface area (Å²) in [6.07, 6.45) is -1.39. The Balaban J connectivity index is 1.86. The molecule has 1 aliphatic heterocycles. The zero-order chi connectivity index (χ0) is 20.8. The fraction of sp³-hybridized carbons (Fsp3) is 0.350. The van der Waals surface area contributed by atoms with Gasteiger partial charge in [0.2, 0.25) is 5.91 Å². The van der Waals surface area contributed by atoms with E-state index in [1.807, 2.05) is 0 Å². The quantitative estimate of drug-likeness (QED) is 0.641. The number of nitrogens with zero attached hydrogens (tertiary/aromatic N) is 3. The van der Waals surface area contributed by atoms with Crippen LogP contribution in [-0.4, -0.2) is 33.4 Å². The Hall–Kier alpha value is -2.68. The fourth-order valence-corrected chi connectivity index (χ4v) is 4.73. The summed E-state index contributed by atoms with van der Waals surface area (Å²) in [4.78, 5) is 32.4. The van der Waals surface area contributed by atoms with Crippen LogP contribution >= 0.6 is 11.3 Å². The molecule has 3 aromatic rings. The molecule has 0 bridgehead atoms. The van der Waals surface area contributed by atoms with Gasteiger partial charge >= 0.3 is 6.18 Å². The fourth-order valence-electron chi connectivity index (χ4n) is 3.74. The predicted octanol–water partition coefficient (Wildman–Crippen LogP) is 4.07. The molecule has 9 heteroatoms. The monoisotopic (exact) mass is 421 g/mol. The number of halogens is 3. The van der Waals surface area contributed by atoms with Crippen molar-refractivity contribution < 1.29 is 18.0 Å². The van der Waals surface area contributed by atoms with Crippen molar-refractivity contribution in [3.05, 3.63) is 51.4 Å². The number of fused-ring (bicyclic) bond motifs is 1. The highest BCUT2D eigenvalue weighted by atomic mass is 32.1. The van der Waals surface area contributed by atoms with Crippen molar-refractivity contribution in [2.24, 2.45) is 0 Å². The molecule has 5 nitrogen and oxygen atoms in total. The molecule has 1 aromatic carbocycles. The Labute approximate surface area is 168 Å². The summed E-state index contributed by atoms with van der Waals surface area (Å²) in [7, 11) is 0. The van der Waals surface area contributed by atoms with Gasteiger partial charge in [0.05, 0.1) is 17.3 Å². The van der Waals surface area contributed by atoms with Crippen LogP contribution in [0, 0.1) is 6.92 Å². The minimum absolute atomic E-state index is 0.0498. The van der Waals surface area contributed by atoms with E-state index in [-0.39, 0.29) is 29.0 Å². The van der Waals surface area contributed by atoms with Gasteiger partial charge in [-0.2, -0.15) is 13.2 Å². The summed E-state index contributed by atoms with van der Waals surface area (Å²) in [5.74, 6) is -0.185. The van der Waals surface area contributed by atoms with E-state index in [2.05, 4.69) is 4.98 Å². The molecule has 1 fully saturated rings. The van der Waals surface area contributed by atoms with Crippen molar-refractivity contribution in [3.63, 3.8) is 0 Å². The van der Waals surface area contributed by atoms with Crippen LogP contribution in [0.4, 0.5) is 13.2 Å². The summed E-state index contributed by atoms with van der Waals surface area (Å²) in [5.41, 5.74) is -1.12. The van der Waals surface area contributed by atoms with Crippen molar-refractivity contribution in [3.8, 4) is 11.1 Å². The van der Waals surface area contributed by atoms with Crippen molar-refractivity contribution >= 4 is 27.5 Å². The maximum Gasteiger partial charge on any atom is 0.417 e. The van der Waals surface area contributed by atoms with Crippen molar-refractivity contribution in [1.29, 1.82) is 0 Å². The molecule has 0 spiro atoms. The number of likely N-dealkylation sites (tertiary alicyclic amines) is 1. The number of alkyl halides is 3. The normalized spacial score (nSPS) is 14.7. The highest BCUT2D eigenvalue weighted by Gasteiger charge is 2.34. The summed E-state index contributed by atoms with van der Waals surface area (Å²) >= 11 is 1.17. The van der Waals surface area contributed by atoms with Gasteiger partial charge in [0.25, 0.3) is 5.56 Å². The van der Waals surface area contributed by atoms with Gasteiger partial charge in [-0.15, -0.1) is 11.3 Å². The number of carbonyl (C=O) groups excluding carboxylic acids is 1. The van der Waals surface area contributed by atoms with E-state index in [0.717, 1.165) is 18.9 Å². The Morgan fingerprint density at radius 3 is 2.59 bits per heavy atom. The van der Waals surface area contributed by atoms with E-state index in [0.29, 0.717) is 22.8 Å². The zero-order valence-corrected chi connectivity index (χ0v) is 16.4. The van der Waals surface area contributed by atoms with Gasteiger partial charge in [-0.1, -0.05) is 18.2 Å². The number of aryl methyl sites for hydroxylation is 1. The topological polar surface area (TPSA) is 55.2 Å². The standard InChI is InChI=1S/C20H18F3N3O2S/c1-12-16(13-6-2-3-7-14(13)20(21,22)23)17-18(29-12)24-11-26(19(17)28)10-15(27)25-8-4-5-9-25/h2-3,6-7,11H,4-5,8-10H2,1H3. The summed E-state index contributed by atoms with van der Waals surface area (Å²) < 4.78 is 41.8. The van der Waals surface area contributed by atoms with Gasteiger partial charge in [0.1, 0.15) is 11.4 Å². The Bertz CT molecular complexity index is 1140. The van der Waals surface area contributed by atoms with E-state index in [4.69, 9.17) is 0 Å². The summed E-state index contributed by atoms with van der Waals surface area (Å²) in [6.45, 7) is 2.82. The average Bonchev–Trinajstić information content (AvgIpc) is 3.31. The number of hydrogen-bond donors (Lipinski definition) is 0. The van der Waals surface area contributed by atoms with Crippen LogP contribution in [0.2, 0.25) is 0 Å². The molecule has 1 aliphatic rings. The molecule has 4 rings (SSSR count). The average molecular weight is 421 g/mol. The molecule has 0 aliphatic carbocycles. The molecule has 0 saturated carbocycles. The maximum atomic E-state index is 13.6. The van der Waals surface area contributed by atoms with Gasteiger partial charge in [0, 0.05) is 23.5 Å². The number of amides is 1. The van der Waals surface area contributed by atoms with E-state index >= 15 is 0 Å². The number of carbonyl (C=O) groups is 1. The lowest BCUT2D eigenvalue weighted by Gasteiger charge is -2.16. The summed E-state index contributed by atoms with van der Waals surface area (Å²) in [5, 5.41) is 0.126. The van der Waals surface area contributed by atoms with Gasteiger partial charge in [0.15, 0.2) is 0 Å². The van der Waals surface area contributed by atoms with E-state index in [1.54, 1.807) is 11.8 Å². The van der Waals surface area contributed by atoms with E-state index < -0.39 is 17.3 Å². The molecule has 2 aromatic heterocycles. The van der Waals surface area contributed by atoms with Crippen LogP contribution in [0.3, 0.4) is 0 Å². The first-order valence-corrected chi connectivity index (χ1v) is 10.0. The lowest BCUT2D eigenvalue weighted by molar-refractivity contribution is -0.137. The largest absolute Gasteiger partial charge is 0.417 e. The van der Waals surface area contributed by atoms with Crippen molar-refractivity contribution in [1.82, 2.24) is 14.5 Å². The van der Waals surface area contributed by atoms with Crippen LogP contribution < -0.4 is 5.56 Å². The third-order valence-electron chi connectivity index (χ3n) is 5.12. The number of benzene rings is 1. The van der Waals surface area contributed by atoms with Crippen LogP contribution in [0.15, 0.2) is 35.4 Å². The second kappa shape index (κ2) is 7.29. The first-order chi connectivity index (χ1) is 13.8. The van der Waals surface area contributed by atoms with Crippen molar-refractivity contribution in [2.45, 2.75) is 32.5 Å². The van der Waals surface area contributed by atoms with Gasteiger partial charge in [-0.3, -0.25) is 14.2 Å². The third-order valence-corrected chi connectivity index (χ3v) is 6.13. The minimum atomic E-state index is -4.55. The molecular weight excluding hydrogens is 403 g/mol. The molecule has 0 atom stereocenters. The highest BCUT2D eigenvalue weighted by molar-refractivity contribution is 7.19. The molecule has 0 unspecified atom stereocenters. The smallest absolute Gasteiger partial charge is 0.341 e.